The van der Waals surface area contributed by atoms with E-state index in [4.69, 9.17) is 24.0 Å². The Kier molecular flexibility index (Phi) is 10.2. The van der Waals surface area contributed by atoms with Crippen LogP contribution in [0.15, 0.2) is 60.8 Å². The summed E-state index contributed by atoms with van der Waals surface area (Å²) in [7, 11) is 1.29. The van der Waals surface area contributed by atoms with E-state index in [0.29, 0.717) is 31.9 Å². The van der Waals surface area contributed by atoms with Crippen LogP contribution in [0.25, 0.3) is 5.69 Å². The average Bonchev–Trinajstić information content (AvgIpc) is 3.65. The van der Waals surface area contributed by atoms with Crippen molar-refractivity contribution in [1.82, 2.24) is 19.7 Å². The Morgan fingerprint density at radius 2 is 1.65 bits per heavy atom. The van der Waals surface area contributed by atoms with Crippen molar-refractivity contribution in [2.75, 3.05) is 37.5 Å². The van der Waals surface area contributed by atoms with Gasteiger partial charge in [0.25, 0.3) is 0 Å². The molecule has 0 radical (unpaired) electrons. The number of ether oxygens (including phenoxy) is 2. The number of methoxy groups -OCH3 is 2. The van der Waals surface area contributed by atoms with Crippen molar-refractivity contribution in [3.8, 4) is 17.2 Å². The number of aromatic nitrogens is 3. The molecule has 1 atom stereocenters. The lowest BCUT2D eigenvalue weighted by Gasteiger charge is -2.38. The van der Waals surface area contributed by atoms with Gasteiger partial charge < -0.3 is 24.1 Å². The second-order valence-corrected chi connectivity index (χ2v) is 18.9. The molecule has 1 saturated heterocycles. The number of benzene rings is 2. The molecule has 0 aliphatic carbocycles. The SMILES string of the molecule is COc1ccc(CN2CCN(c3ccn(-c4cc(C)nc(Nc5ccc(OC)cc5C)c4CC(C)O[Si](C)(C)C(C)(C)C)n3)C2=O)cc1. The Bertz CT molecular complexity index is 1750. The molecule has 1 aliphatic heterocycles. The number of rotatable bonds is 12. The second kappa shape index (κ2) is 14.0. The summed E-state index contributed by atoms with van der Waals surface area (Å²) >= 11 is 0. The molecule has 48 heavy (non-hydrogen) atoms. The number of anilines is 3. The van der Waals surface area contributed by atoms with Gasteiger partial charge in [0.15, 0.2) is 14.1 Å². The molecule has 2 aromatic heterocycles. The molecule has 4 aromatic rings. The molecular weight excluding hydrogens is 621 g/mol. The van der Waals surface area contributed by atoms with E-state index in [1.807, 2.05) is 71.2 Å². The van der Waals surface area contributed by atoms with Crippen LogP contribution in [0.4, 0.5) is 22.1 Å². The summed E-state index contributed by atoms with van der Waals surface area (Å²) in [6.07, 6.45) is 2.49. The number of pyridine rings is 1. The number of carbonyl (C=O) groups excluding carboxylic acids is 1. The van der Waals surface area contributed by atoms with E-state index in [0.717, 1.165) is 51.1 Å². The number of nitrogens with zero attached hydrogens (tertiary/aromatic N) is 5. The maximum atomic E-state index is 13.5. The molecule has 10 nitrogen and oxygen atoms in total. The molecule has 2 aromatic carbocycles. The Morgan fingerprint density at radius 1 is 0.958 bits per heavy atom. The molecule has 0 spiro atoms. The summed E-state index contributed by atoms with van der Waals surface area (Å²) in [6, 6.07) is 17.7. The molecule has 1 unspecified atom stereocenters. The molecule has 0 saturated carbocycles. The molecule has 1 N–H and O–H groups in total. The molecule has 1 aliphatic rings. The number of urea groups is 1. The Balaban J connectivity index is 1.46. The number of aryl methyl sites for hydroxylation is 2. The van der Waals surface area contributed by atoms with Crippen molar-refractivity contribution in [3.05, 3.63) is 83.2 Å². The Labute approximate surface area is 286 Å². The first-order valence-electron chi connectivity index (χ1n) is 16.5. The van der Waals surface area contributed by atoms with E-state index in [2.05, 4.69) is 59.1 Å². The van der Waals surface area contributed by atoms with E-state index in [1.54, 1.807) is 19.1 Å². The van der Waals surface area contributed by atoms with Gasteiger partial charge in [0.1, 0.15) is 17.3 Å². The van der Waals surface area contributed by atoms with Crippen LogP contribution in [0.2, 0.25) is 18.1 Å². The monoisotopic (exact) mass is 670 g/mol. The van der Waals surface area contributed by atoms with Crippen molar-refractivity contribution in [1.29, 1.82) is 0 Å². The van der Waals surface area contributed by atoms with Crippen LogP contribution in [0.1, 0.15) is 50.1 Å². The number of hydrogen-bond donors (Lipinski definition) is 1. The van der Waals surface area contributed by atoms with Crippen molar-refractivity contribution in [3.63, 3.8) is 0 Å². The summed E-state index contributed by atoms with van der Waals surface area (Å²) in [6.45, 7) is 19.2. The van der Waals surface area contributed by atoms with Crippen LogP contribution >= 0.6 is 0 Å². The smallest absolute Gasteiger partial charge is 0.326 e. The largest absolute Gasteiger partial charge is 0.497 e. The lowest BCUT2D eigenvalue weighted by molar-refractivity contribution is 0.199. The summed E-state index contributed by atoms with van der Waals surface area (Å²) in [5, 5.41) is 8.66. The predicted molar refractivity (Wildman–Crippen MR) is 195 cm³/mol. The van der Waals surface area contributed by atoms with Gasteiger partial charge in [0.2, 0.25) is 0 Å². The zero-order valence-corrected chi connectivity index (χ0v) is 31.0. The maximum absolute atomic E-state index is 13.5. The molecule has 2 amide bonds. The van der Waals surface area contributed by atoms with Crippen molar-refractivity contribution in [2.45, 2.75) is 78.7 Å². The average molecular weight is 671 g/mol. The van der Waals surface area contributed by atoms with Crippen LogP contribution in [0.5, 0.6) is 11.5 Å². The third-order valence-electron chi connectivity index (χ3n) is 9.43. The van der Waals surface area contributed by atoms with Crippen molar-refractivity contribution in [2.24, 2.45) is 0 Å². The van der Waals surface area contributed by atoms with Gasteiger partial charge in [0, 0.05) is 61.4 Å². The fourth-order valence-corrected chi connectivity index (χ4v) is 7.16. The fourth-order valence-electron chi connectivity index (χ4n) is 5.72. The van der Waals surface area contributed by atoms with Gasteiger partial charge in [-0.3, -0.25) is 4.90 Å². The van der Waals surface area contributed by atoms with Gasteiger partial charge in [-0.15, -0.1) is 5.10 Å². The van der Waals surface area contributed by atoms with Gasteiger partial charge in [-0.1, -0.05) is 32.9 Å². The number of hydrogen-bond acceptors (Lipinski definition) is 7. The van der Waals surface area contributed by atoms with Gasteiger partial charge in [0.05, 0.1) is 19.9 Å². The van der Waals surface area contributed by atoms with Gasteiger partial charge in [-0.25, -0.2) is 14.5 Å². The molecule has 256 valence electrons. The third kappa shape index (κ3) is 7.68. The zero-order valence-electron chi connectivity index (χ0n) is 30.0. The topological polar surface area (TPSA) is 94.0 Å². The van der Waals surface area contributed by atoms with Crippen LogP contribution in [-0.2, 0) is 17.4 Å². The Morgan fingerprint density at radius 3 is 2.29 bits per heavy atom. The highest BCUT2D eigenvalue weighted by atomic mass is 28.4. The molecule has 0 bridgehead atoms. The highest BCUT2D eigenvalue weighted by Crippen LogP contribution is 2.38. The first kappa shape index (κ1) is 35.0. The van der Waals surface area contributed by atoms with Crippen molar-refractivity contribution >= 4 is 31.7 Å². The van der Waals surface area contributed by atoms with Gasteiger partial charge in [-0.05, 0) is 86.4 Å². The molecular formula is C37H50N6O4Si. The maximum Gasteiger partial charge on any atom is 0.326 e. The van der Waals surface area contributed by atoms with E-state index in [9.17, 15) is 4.79 Å². The predicted octanol–water partition coefficient (Wildman–Crippen LogP) is 8.04. The summed E-state index contributed by atoms with van der Waals surface area (Å²) < 4.78 is 19.4. The summed E-state index contributed by atoms with van der Waals surface area (Å²) in [5.74, 6) is 2.96. The third-order valence-corrected chi connectivity index (χ3v) is 14.0. The molecule has 5 rings (SSSR count). The first-order chi connectivity index (χ1) is 22.7. The summed E-state index contributed by atoms with van der Waals surface area (Å²) in [5.41, 5.74) is 5.78. The van der Waals surface area contributed by atoms with Crippen LogP contribution in [0.3, 0.4) is 0 Å². The Hall–Kier alpha value is -4.35. The minimum absolute atomic E-state index is 0.0593. The minimum Gasteiger partial charge on any atom is -0.497 e. The highest BCUT2D eigenvalue weighted by Gasteiger charge is 2.39. The quantitative estimate of drug-likeness (QED) is 0.153. The van der Waals surface area contributed by atoms with E-state index in [-0.39, 0.29) is 17.2 Å². The van der Waals surface area contributed by atoms with E-state index in [1.165, 1.54) is 0 Å². The van der Waals surface area contributed by atoms with E-state index >= 15 is 0 Å². The highest BCUT2D eigenvalue weighted by molar-refractivity contribution is 6.74. The van der Waals surface area contributed by atoms with Crippen LogP contribution in [0, 0.1) is 13.8 Å². The summed E-state index contributed by atoms with van der Waals surface area (Å²) in [4.78, 5) is 22.1. The minimum atomic E-state index is -2.03. The van der Waals surface area contributed by atoms with Crippen LogP contribution < -0.4 is 19.7 Å². The number of nitrogens with one attached hydrogen (secondary N) is 1. The second-order valence-electron chi connectivity index (χ2n) is 14.1. The van der Waals surface area contributed by atoms with Gasteiger partial charge in [-0.2, -0.15) is 0 Å². The van der Waals surface area contributed by atoms with Gasteiger partial charge >= 0.3 is 6.03 Å². The molecule has 3 heterocycles. The van der Waals surface area contributed by atoms with Crippen molar-refractivity contribution < 1.29 is 18.7 Å². The lowest BCUT2D eigenvalue weighted by atomic mass is 10.1. The normalized spacial score (nSPS) is 14.4. The first-order valence-corrected chi connectivity index (χ1v) is 19.5. The fraction of sp³-hybridized carbons (Fsp3) is 0.432. The molecule has 1 fully saturated rings. The lowest BCUT2D eigenvalue weighted by Crippen LogP contribution is -2.43. The molecule has 11 heteroatoms. The standard InChI is InChI=1S/C37H50N6O4Si/c1-25-21-30(46-8)15-16-32(25)39-35-31(23-27(3)47-48(9,10)37(4,5)6)33(22-26(2)38-35)43-18-17-34(40-43)42-20-19-41(36(42)44)24-28-11-13-29(45-7)14-12-28/h11-18,21-22,27H,19-20,23-24H2,1-10H3,(H,38,39). The van der Waals surface area contributed by atoms with E-state index < -0.39 is 8.32 Å². The van der Waals surface area contributed by atoms with Crippen LogP contribution in [-0.4, -0.2) is 67.4 Å². The zero-order chi connectivity index (χ0) is 34.8. The number of amides is 2. The number of carbonyl (C=O) groups is 1.